The van der Waals surface area contributed by atoms with Crippen molar-refractivity contribution in [2.24, 2.45) is 0 Å². The van der Waals surface area contributed by atoms with Crippen LogP contribution in [0.5, 0.6) is 0 Å². The van der Waals surface area contributed by atoms with E-state index in [1.807, 2.05) is 0 Å². The highest BCUT2D eigenvalue weighted by atomic mass is 28.3. The molecule has 3 nitrogen and oxygen atoms in total. The number of benzene rings is 2. The number of nitrogens with zero attached hydrogens (tertiary/aromatic N) is 1. The predicted octanol–water partition coefficient (Wildman–Crippen LogP) is 3.66. The molecule has 1 fully saturated rings. The predicted molar refractivity (Wildman–Crippen MR) is 100 cm³/mol. The summed E-state index contributed by atoms with van der Waals surface area (Å²) < 4.78 is 2.16. The summed E-state index contributed by atoms with van der Waals surface area (Å²) in [7, 11) is -1.28. The fraction of sp³-hybridized carbons (Fsp3) is 0.300. The van der Waals surface area contributed by atoms with Crippen molar-refractivity contribution in [2.45, 2.75) is 38.1 Å². The number of rotatable bonds is 2. The lowest BCUT2D eigenvalue weighted by molar-refractivity contribution is -0.588. The molecule has 2 aromatic rings. The van der Waals surface area contributed by atoms with Gasteiger partial charge in [-0.05, 0) is 23.3 Å². The van der Waals surface area contributed by atoms with Crippen LogP contribution in [0.2, 0.25) is 25.7 Å². The summed E-state index contributed by atoms with van der Waals surface area (Å²) in [5.74, 6) is 0.132. The normalized spacial score (nSPS) is 19.3. The monoisotopic (exact) mass is 335 g/mol. The number of fused-ring (bicyclic) bond motifs is 3. The average Bonchev–Trinajstić information content (AvgIpc) is 3.03. The Kier molecular flexibility index (Phi) is 3.46. The summed E-state index contributed by atoms with van der Waals surface area (Å²) in [5, 5.41) is 0. The van der Waals surface area contributed by atoms with Crippen LogP contribution < -0.4 is 5.43 Å². The first-order chi connectivity index (χ1) is 11.4. The van der Waals surface area contributed by atoms with E-state index < -0.39 is 8.07 Å². The van der Waals surface area contributed by atoms with Gasteiger partial charge in [-0.2, -0.15) is 0 Å². The highest BCUT2D eigenvalue weighted by Crippen LogP contribution is 2.37. The van der Waals surface area contributed by atoms with Crippen LogP contribution in [0.25, 0.3) is 11.1 Å². The molecule has 1 aliphatic carbocycles. The van der Waals surface area contributed by atoms with Gasteiger partial charge in [0.1, 0.15) is 0 Å². The summed E-state index contributed by atoms with van der Waals surface area (Å²) >= 11 is 0. The highest BCUT2D eigenvalue weighted by Gasteiger charge is 2.43. The summed E-state index contributed by atoms with van der Waals surface area (Å²) in [5.41, 5.74) is 9.26. The molecule has 122 valence electrons. The van der Waals surface area contributed by atoms with Crippen molar-refractivity contribution in [1.29, 1.82) is 0 Å². The third kappa shape index (κ3) is 2.51. The minimum Gasteiger partial charge on any atom is -0.269 e. The van der Waals surface area contributed by atoms with Crippen LogP contribution in [0.3, 0.4) is 0 Å². The van der Waals surface area contributed by atoms with Crippen LogP contribution in [0.1, 0.15) is 17.5 Å². The molecule has 0 aromatic heterocycles. The molecule has 0 bridgehead atoms. The van der Waals surface area contributed by atoms with E-state index >= 15 is 0 Å². The van der Waals surface area contributed by atoms with Gasteiger partial charge in [0.25, 0.3) is 5.91 Å². The molecule has 0 radical (unpaired) electrons. The van der Waals surface area contributed by atoms with Crippen LogP contribution in [-0.4, -0.2) is 30.4 Å². The Bertz CT molecular complexity index is 816. The molecule has 1 atom stereocenters. The van der Waals surface area contributed by atoms with Gasteiger partial charge in [-0.1, -0.05) is 56.0 Å². The van der Waals surface area contributed by atoms with Gasteiger partial charge >= 0.3 is 0 Å². The molecular weight excluding hydrogens is 312 g/mol. The summed E-state index contributed by atoms with van der Waals surface area (Å²) in [4.78, 5) is 12.2. The van der Waals surface area contributed by atoms with Gasteiger partial charge in [0.15, 0.2) is 6.04 Å². The Labute approximate surface area is 144 Å². The molecular formula is C20H23N2OSi+. The molecule has 4 heteroatoms. The molecule has 0 spiro atoms. The molecule has 2 aliphatic rings. The van der Waals surface area contributed by atoms with E-state index in [4.69, 9.17) is 0 Å². The van der Waals surface area contributed by atoms with Crippen molar-refractivity contribution in [3.8, 4) is 11.1 Å². The van der Waals surface area contributed by atoms with Gasteiger partial charge in [-0.25, -0.2) is 0 Å². The number of hydrogen-bond acceptors (Lipinski definition) is 1. The first-order valence-electron chi connectivity index (χ1n) is 8.59. The zero-order valence-electron chi connectivity index (χ0n) is 14.5. The van der Waals surface area contributed by atoms with Crippen molar-refractivity contribution >= 4 is 19.7 Å². The number of carbonyl (C=O) groups excluding carboxylic acids is 1. The molecule has 0 saturated carbocycles. The van der Waals surface area contributed by atoms with Gasteiger partial charge in [0.05, 0.1) is 25.6 Å². The fourth-order valence-corrected chi connectivity index (χ4v) is 5.68. The lowest BCUT2D eigenvalue weighted by Crippen LogP contribution is -2.38. The Hall–Kier alpha value is -2.20. The second-order valence-electron chi connectivity index (χ2n) is 7.97. The molecule has 2 aromatic carbocycles. The lowest BCUT2D eigenvalue weighted by Gasteiger charge is -2.18. The number of hydrazone groups is 1. The van der Waals surface area contributed by atoms with E-state index in [1.54, 1.807) is 0 Å². The van der Waals surface area contributed by atoms with Gasteiger partial charge in [0, 0.05) is 6.04 Å². The quantitative estimate of drug-likeness (QED) is 0.562. The first-order valence-corrected chi connectivity index (χ1v) is 12.3. The summed E-state index contributed by atoms with van der Waals surface area (Å²) in [6.45, 7) is 7.11. The molecule has 1 amide bonds. The van der Waals surface area contributed by atoms with Crippen LogP contribution in [-0.2, 0) is 4.79 Å². The number of amides is 1. The topological polar surface area (TPSA) is 32.1 Å². The summed E-state index contributed by atoms with van der Waals surface area (Å²) in [6.07, 6.45) is 0.595. The molecule has 1 N–H and O–H groups in total. The second kappa shape index (κ2) is 5.41. The smallest absolute Gasteiger partial charge is 0.269 e. The van der Waals surface area contributed by atoms with E-state index in [-0.39, 0.29) is 11.9 Å². The van der Waals surface area contributed by atoms with E-state index in [9.17, 15) is 4.79 Å². The molecule has 1 aliphatic heterocycles. The summed E-state index contributed by atoms with van der Waals surface area (Å²) in [6, 6.07) is 18.4. The van der Waals surface area contributed by atoms with Gasteiger partial charge in [-0.3, -0.25) is 4.79 Å². The van der Waals surface area contributed by atoms with Crippen molar-refractivity contribution in [3.05, 3.63) is 59.7 Å². The van der Waals surface area contributed by atoms with E-state index in [2.05, 4.69) is 78.3 Å². The highest BCUT2D eigenvalue weighted by molar-refractivity contribution is 6.76. The van der Waals surface area contributed by atoms with E-state index in [1.165, 1.54) is 22.3 Å². The van der Waals surface area contributed by atoms with E-state index in [0.29, 0.717) is 6.42 Å². The number of nitrogens with one attached hydrogen (secondary N) is 1. The Morgan fingerprint density at radius 1 is 0.958 bits per heavy atom. The zero-order chi connectivity index (χ0) is 16.9. The third-order valence-electron chi connectivity index (χ3n) is 4.77. The van der Waals surface area contributed by atoms with Crippen molar-refractivity contribution < 1.29 is 9.48 Å². The SMILES string of the molecule is C[Si](C)(C)CC1CC(=O)N[N+]1=C1c2ccccc2-c2ccccc21. The second-order valence-corrected chi connectivity index (χ2v) is 13.5. The van der Waals surface area contributed by atoms with Gasteiger partial charge < -0.3 is 0 Å². The third-order valence-corrected chi connectivity index (χ3v) is 6.47. The Morgan fingerprint density at radius 3 is 1.96 bits per heavy atom. The molecule has 1 saturated heterocycles. The van der Waals surface area contributed by atoms with Crippen LogP contribution in [0.15, 0.2) is 48.5 Å². The molecule has 1 unspecified atom stereocenters. The standard InChI is InChI=1S/C20H22N2OSi/c1-24(2,3)13-14-12-19(23)21-22(14)20-17-10-6-4-8-15(17)16-9-5-7-11-18(16)20/h4-11,14H,12-13H2,1-3H3/p+1. The van der Waals surface area contributed by atoms with Gasteiger partial charge in [0.2, 0.25) is 5.71 Å². The van der Waals surface area contributed by atoms with Crippen LogP contribution in [0, 0.1) is 0 Å². The number of hydrogen-bond donors (Lipinski definition) is 1. The average molecular weight is 336 g/mol. The van der Waals surface area contributed by atoms with Crippen LogP contribution in [0.4, 0.5) is 0 Å². The lowest BCUT2D eigenvalue weighted by atomic mass is 10.1. The zero-order valence-corrected chi connectivity index (χ0v) is 15.5. The number of hydrazine groups is 1. The Morgan fingerprint density at radius 2 is 1.46 bits per heavy atom. The van der Waals surface area contributed by atoms with Crippen molar-refractivity contribution in [3.63, 3.8) is 0 Å². The fourth-order valence-electron chi connectivity index (χ4n) is 3.94. The first kappa shape index (κ1) is 15.3. The molecule has 4 rings (SSSR count). The number of carbonyl (C=O) groups is 1. The molecule has 24 heavy (non-hydrogen) atoms. The minimum absolute atomic E-state index is 0.132. The maximum atomic E-state index is 12.2. The minimum atomic E-state index is -1.28. The largest absolute Gasteiger partial charge is 0.281 e. The maximum absolute atomic E-state index is 12.2. The Balaban J connectivity index is 1.93. The maximum Gasteiger partial charge on any atom is 0.281 e. The van der Waals surface area contributed by atoms with E-state index in [0.717, 1.165) is 11.8 Å². The molecule has 1 heterocycles. The van der Waals surface area contributed by atoms with Crippen molar-refractivity contribution in [2.75, 3.05) is 0 Å². The van der Waals surface area contributed by atoms with Crippen LogP contribution >= 0.6 is 0 Å². The van der Waals surface area contributed by atoms with Crippen molar-refractivity contribution in [1.82, 2.24) is 5.43 Å². The van der Waals surface area contributed by atoms with Gasteiger partial charge in [-0.15, -0.1) is 10.1 Å².